The number of hydrogen-bond donors (Lipinski definition) is 1. The Morgan fingerprint density at radius 3 is 3.12 bits per heavy atom. The molecule has 0 amide bonds. The van der Waals surface area contributed by atoms with Crippen LogP contribution < -0.4 is 5.32 Å². The summed E-state index contributed by atoms with van der Waals surface area (Å²) in [7, 11) is 0. The number of aryl methyl sites for hydroxylation is 1. The fraction of sp³-hybridized carbons (Fsp3) is 0.400. The molecule has 1 N–H and O–H groups in total. The van der Waals surface area contributed by atoms with Gasteiger partial charge >= 0.3 is 0 Å². The van der Waals surface area contributed by atoms with Crippen LogP contribution in [0.15, 0.2) is 12.4 Å². The van der Waals surface area contributed by atoms with Gasteiger partial charge in [0.2, 0.25) is 0 Å². The monoisotopic (exact) mass is 216 g/mol. The predicted octanol–water partition coefficient (Wildman–Crippen LogP) is 0.0114. The SMILES string of the molecule is Cc1nc2c(c(-n3ccnn3)n1)CCNC2. The van der Waals surface area contributed by atoms with Crippen molar-refractivity contribution in [2.24, 2.45) is 0 Å². The maximum atomic E-state index is 4.45. The first-order valence-electron chi connectivity index (χ1n) is 5.28. The smallest absolute Gasteiger partial charge is 0.162 e. The topological polar surface area (TPSA) is 68.5 Å². The van der Waals surface area contributed by atoms with Crippen molar-refractivity contribution in [2.75, 3.05) is 6.54 Å². The normalized spacial score (nSPS) is 14.8. The molecule has 0 saturated carbocycles. The molecule has 2 aromatic heterocycles. The average Bonchev–Trinajstić information content (AvgIpc) is 2.81. The van der Waals surface area contributed by atoms with E-state index in [1.807, 2.05) is 13.1 Å². The van der Waals surface area contributed by atoms with Gasteiger partial charge in [0.25, 0.3) is 0 Å². The van der Waals surface area contributed by atoms with E-state index >= 15 is 0 Å². The molecule has 3 heterocycles. The molecule has 0 atom stereocenters. The molecule has 0 bridgehead atoms. The van der Waals surface area contributed by atoms with Crippen LogP contribution in [0.25, 0.3) is 5.82 Å². The summed E-state index contributed by atoms with van der Waals surface area (Å²) in [5.41, 5.74) is 2.25. The molecule has 2 aromatic rings. The van der Waals surface area contributed by atoms with Gasteiger partial charge in [0.05, 0.1) is 18.1 Å². The van der Waals surface area contributed by atoms with Crippen molar-refractivity contribution in [3.63, 3.8) is 0 Å². The zero-order chi connectivity index (χ0) is 11.0. The molecule has 1 aliphatic rings. The molecular formula is C10H12N6. The number of nitrogens with zero attached hydrogens (tertiary/aromatic N) is 5. The van der Waals surface area contributed by atoms with Crippen LogP contribution in [-0.2, 0) is 13.0 Å². The number of rotatable bonds is 1. The molecule has 0 spiro atoms. The highest BCUT2D eigenvalue weighted by atomic mass is 15.4. The third kappa shape index (κ3) is 1.47. The first-order valence-corrected chi connectivity index (χ1v) is 5.28. The highest BCUT2D eigenvalue weighted by molar-refractivity contribution is 5.38. The quantitative estimate of drug-likeness (QED) is 0.727. The van der Waals surface area contributed by atoms with Crippen molar-refractivity contribution in [3.8, 4) is 5.82 Å². The third-order valence-electron chi connectivity index (χ3n) is 2.67. The van der Waals surface area contributed by atoms with E-state index in [1.54, 1.807) is 10.9 Å². The Balaban J connectivity index is 2.20. The third-order valence-corrected chi connectivity index (χ3v) is 2.67. The second kappa shape index (κ2) is 3.64. The minimum absolute atomic E-state index is 0.771. The fourth-order valence-electron chi connectivity index (χ4n) is 1.97. The van der Waals surface area contributed by atoms with Gasteiger partial charge in [0, 0.05) is 12.1 Å². The van der Waals surface area contributed by atoms with Gasteiger partial charge in [-0.15, -0.1) is 5.10 Å². The number of fused-ring (bicyclic) bond motifs is 1. The van der Waals surface area contributed by atoms with E-state index in [0.29, 0.717) is 0 Å². The molecule has 6 heteroatoms. The minimum atomic E-state index is 0.771. The molecule has 0 aliphatic carbocycles. The van der Waals surface area contributed by atoms with Gasteiger partial charge in [-0.1, -0.05) is 5.21 Å². The van der Waals surface area contributed by atoms with E-state index < -0.39 is 0 Å². The highest BCUT2D eigenvalue weighted by Crippen LogP contribution is 2.18. The summed E-state index contributed by atoms with van der Waals surface area (Å²) in [5.74, 6) is 1.63. The second-order valence-electron chi connectivity index (χ2n) is 3.79. The predicted molar refractivity (Wildman–Crippen MR) is 57.1 cm³/mol. The van der Waals surface area contributed by atoms with Gasteiger partial charge in [-0.3, -0.25) is 0 Å². The maximum absolute atomic E-state index is 4.45. The largest absolute Gasteiger partial charge is 0.311 e. The molecule has 0 radical (unpaired) electrons. The summed E-state index contributed by atoms with van der Waals surface area (Å²) < 4.78 is 1.71. The van der Waals surface area contributed by atoms with Crippen LogP contribution in [-0.4, -0.2) is 31.5 Å². The molecular weight excluding hydrogens is 204 g/mol. The summed E-state index contributed by atoms with van der Waals surface area (Å²) in [6.07, 6.45) is 4.40. The lowest BCUT2D eigenvalue weighted by Gasteiger charge is -2.18. The van der Waals surface area contributed by atoms with E-state index in [2.05, 4.69) is 25.6 Å². The molecule has 0 fully saturated rings. The maximum Gasteiger partial charge on any atom is 0.162 e. The standard InChI is InChI=1S/C10H12N6/c1-7-13-9-6-11-3-2-8(9)10(14-7)16-5-4-12-15-16/h4-5,11H,2-3,6H2,1H3. The van der Waals surface area contributed by atoms with Crippen LogP contribution in [0.3, 0.4) is 0 Å². The minimum Gasteiger partial charge on any atom is -0.311 e. The fourth-order valence-corrected chi connectivity index (χ4v) is 1.97. The zero-order valence-corrected chi connectivity index (χ0v) is 9.01. The van der Waals surface area contributed by atoms with Gasteiger partial charge in [-0.25, -0.2) is 14.6 Å². The zero-order valence-electron chi connectivity index (χ0n) is 9.01. The first kappa shape index (κ1) is 9.41. The van der Waals surface area contributed by atoms with E-state index in [-0.39, 0.29) is 0 Å². The summed E-state index contributed by atoms with van der Waals surface area (Å²) >= 11 is 0. The van der Waals surface area contributed by atoms with Crippen molar-refractivity contribution in [1.29, 1.82) is 0 Å². The molecule has 1 aliphatic heterocycles. The van der Waals surface area contributed by atoms with Crippen molar-refractivity contribution in [2.45, 2.75) is 19.9 Å². The number of nitrogens with one attached hydrogen (secondary N) is 1. The van der Waals surface area contributed by atoms with Crippen LogP contribution >= 0.6 is 0 Å². The van der Waals surface area contributed by atoms with Gasteiger partial charge in [0.1, 0.15) is 5.82 Å². The van der Waals surface area contributed by atoms with Crippen molar-refractivity contribution >= 4 is 0 Å². The van der Waals surface area contributed by atoms with Crippen LogP contribution in [0.1, 0.15) is 17.1 Å². The van der Waals surface area contributed by atoms with Crippen molar-refractivity contribution in [3.05, 3.63) is 29.5 Å². The Morgan fingerprint density at radius 2 is 2.31 bits per heavy atom. The molecule has 6 nitrogen and oxygen atoms in total. The van der Waals surface area contributed by atoms with Crippen molar-refractivity contribution < 1.29 is 0 Å². The van der Waals surface area contributed by atoms with E-state index in [1.165, 1.54) is 5.56 Å². The van der Waals surface area contributed by atoms with Crippen LogP contribution in [0.5, 0.6) is 0 Å². The Labute approximate surface area is 92.7 Å². The van der Waals surface area contributed by atoms with Gasteiger partial charge in [-0.05, 0) is 19.9 Å². The van der Waals surface area contributed by atoms with E-state index in [0.717, 1.165) is 36.8 Å². The molecule has 16 heavy (non-hydrogen) atoms. The molecule has 0 saturated heterocycles. The van der Waals surface area contributed by atoms with Gasteiger partial charge < -0.3 is 5.32 Å². The van der Waals surface area contributed by atoms with E-state index in [9.17, 15) is 0 Å². The lowest BCUT2D eigenvalue weighted by Crippen LogP contribution is -2.27. The Bertz CT molecular complexity index is 504. The lowest BCUT2D eigenvalue weighted by molar-refractivity contribution is 0.609. The molecule has 0 unspecified atom stereocenters. The average molecular weight is 216 g/mol. The second-order valence-corrected chi connectivity index (χ2v) is 3.79. The highest BCUT2D eigenvalue weighted by Gasteiger charge is 2.17. The summed E-state index contributed by atoms with van der Waals surface area (Å²) in [6.45, 7) is 3.66. The molecule has 82 valence electrons. The Morgan fingerprint density at radius 1 is 1.38 bits per heavy atom. The summed E-state index contributed by atoms with van der Waals surface area (Å²) in [4.78, 5) is 8.90. The number of hydrogen-bond acceptors (Lipinski definition) is 5. The lowest BCUT2D eigenvalue weighted by atomic mass is 10.1. The van der Waals surface area contributed by atoms with Crippen molar-refractivity contribution in [1.82, 2.24) is 30.3 Å². The van der Waals surface area contributed by atoms with Crippen LogP contribution in [0, 0.1) is 6.92 Å². The summed E-state index contributed by atoms with van der Waals surface area (Å²) in [5, 5.41) is 11.1. The van der Waals surface area contributed by atoms with Gasteiger partial charge in [0.15, 0.2) is 5.82 Å². The molecule has 3 rings (SSSR count). The van der Waals surface area contributed by atoms with Crippen LogP contribution in [0.2, 0.25) is 0 Å². The molecule has 0 aromatic carbocycles. The van der Waals surface area contributed by atoms with E-state index in [4.69, 9.17) is 0 Å². The Kier molecular flexibility index (Phi) is 2.14. The number of aromatic nitrogens is 5. The summed E-state index contributed by atoms with van der Waals surface area (Å²) in [6, 6.07) is 0. The first-order chi connectivity index (χ1) is 7.84. The Hall–Kier alpha value is -1.82. The van der Waals surface area contributed by atoms with Gasteiger partial charge in [-0.2, -0.15) is 0 Å². The van der Waals surface area contributed by atoms with Crippen LogP contribution in [0.4, 0.5) is 0 Å².